The normalized spacial score (nSPS) is 10.2. The molecule has 0 bridgehead atoms. The van der Waals surface area contributed by atoms with Crippen molar-refractivity contribution in [2.75, 3.05) is 0 Å². The summed E-state index contributed by atoms with van der Waals surface area (Å²) in [6, 6.07) is 26.5. The molecule has 0 unspecified atom stereocenters. The molecule has 3 aromatic carbocycles. The van der Waals surface area contributed by atoms with E-state index in [4.69, 9.17) is 4.74 Å². The van der Waals surface area contributed by atoms with Crippen LogP contribution >= 0.6 is 0 Å². The molecule has 0 heterocycles. The first-order chi connectivity index (χ1) is 9.83. The lowest BCUT2D eigenvalue weighted by Crippen LogP contribution is -1.87. The molecule has 1 nitrogen and oxygen atoms in total. The molecule has 0 saturated heterocycles. The quantitative estimate of drug-likeness (QED) is 0.608. The first kappa shape index (κ1) is 12.5. The molecule has 0 spiro atoms. The van der Waals surface area contributed by atoms with Gasteiger partial charge in [0.2, 0.25) is 0 Å². The second-order valence-corrected chi connectivity index (χ2v) is 4.76. The van der Waals surface area contributed by atoms with E-state index < -0.39 is 0 Å². The smallest absolute Gasteiger partial charge is 0.127 e. The van der Waals surface area contributed by atoms with Gasteiger partial charge < -0.3 is 4.74 Å². The molecule has 0 atom stereocenters. The summed E-state index contributed by atoms with van der Waals surface area (Å²) in [5.74, 6) is 1.73. The zero-order valence-corrected chi connectivity index (χ0v) is 11.4. The lowest BCUT2D eigenvalue weighted by Gasteiger charge is -2.10. The third kappa shape index (κ3) is 2.72. The van der Waals surface area contributed by atoms with Crippen molar-refractivity contribution >= 4 is 0 Å². The van der Waals surface area contributed by atoms with Crippen molar-refractivity contribution in [2.24, 2.45) is 0 Å². The third-order valence-corrected chi connectivity index (χ3v) is 3.26. The van der Waals surface area contributed by atoms with Gasteiger partial charge in [0.1, 0.15) is 11.5 Å². The summed E-state index contributed by atoms with van der Waals surface area (Å²) in [7, 11) is 0. The first-order valence-electron chi connectivity index (χ1n) is 6.72. The third-order valence-electron chi connectivity index (χ3n) is 3.26. The fraction of sp³-hybridized carbons (Fsp3) is 0.0526. The van der Waals surface area contributed by atoms with Crippen LogP contribution in [0.2, 0.25) is 0 Å². The molecule has 0 radical (unpaired) electrons. The van der Waals surface area contributed by atoms with Crippen LogP contribution in [-0.4, -0.2) is 0 Å². The zero-order valence-electron chi connectivity index (χ0n) is 11.4. The van der Waals surface area contributed by atoms with Crippen LogP contribution < -0.4 is 4.74 Å². The van der Waals surface area contributed by atoms with E-state index in [1.807, 2.05) is 42.5 Å². The molecule has 0 aliphatic carbocycles. The van der Waals surface area contributed by atoms with Crippen molar-refractivity contribution in [1.29, 1.82) is 0 Å². The summed E-state index contributed by atoms with van der Waals surface area (Å²) >= 11 is 0. The van der Waals surface area contributed by atoms with Gasteiger partial charge in [0.05, 0.1) is 0 Å². The number of rotatable bonds is 3. The summed E-state index contributed by atoms with van der Waals surface area (Å²) in [4.78, 5) is 0. The molecule has 0 aliphatic rings. The topological polar surface area (TPSA) is 9.23 Å². The van der Waals surface area contributed by atoms with Crippen molar-refractivity contribution in [3.05, 3.63) is 84.4 Å². The maximum Gasteiger partial charge on any atom is 0.127 e. The van der Waals surface area contributed by atoms with Gasteiger partial charge in [-0.25, -0.2) is 0 Å². The van der Waals surface area contributed by atoms with E-state index in [0.29, 0.717) is 0 Å². The molecular formula is C19H16O. The molecule has 0 aromatic heterocycles. The molecule has 0 aliphatic heterocycles. The van der Waals surface area contributed by atoms with Crippen LogP contribution in [0.1, 0.15) is 5.56 Å². The van der Waals surface area contributed by atoms with E-state index in [-0.39, 0.29) is 0 Å². The number of aryl methyl sites for hydroxylation is 1. The van der Waals surface area contributed by atoms with Crippen LogP contribution in [0, 0.1) is 6.92 Å². The van der Waals surface area contributed by atoms with Crippen molar-refractivity contribution in [2.45, 2.75) is 6.92 Å². The van der Waals surface area contributed by atoms with Crippen LogP contribution in [0.3, 0.4) is 0 Å². The fourth-order valence-corrected chi connectivity index (χ4v) is 2.27. The molecule has 20 heavy (non-hydrogen) atoms. The van der Waals surface area contributed by atoms with Gasteiger partial charge in [-0.05, 0) is 47.9 Å². The van der Waals surface area contributed by atoms with Crippen LogP contribution in [0.25, 0.3) is 11.1 Å². The number of para-hydroxylation sites is 1. The Kier molecular flexibility index (Phi) is 3.51. The van der Waals surface area contributed by atoms with E-state index in [0.717, 1.165) is 11.5 Å². The minimum atomic E-state index is 0.861. The summed E-state index contributed by atoms with van der Waals surface area (Å²) < 4.78 is 5.85. The van der Waals surface area contributed by atoms with E-state index in [1.165, 1.54) is 16.7 Å². The Balaban J connectivity index is 1.88. The van der Waals surface area contributed by atoms with Gasteiger partial charge in [-0.15, -0.1) is 0 Å². The predicted octanol–water partition coefficient (Wildman–Crippen LogP) is 5.45. The van der Waals surface area contributed by atoms with Crippen molar-refractivity contribution in [1.82, 2.24) is 0 Å². The maximum atomic E-state index is 5.85. The van der Waals surface area contributed by atoms with Gasteiger partial charge in [0.15, 0.2) is 0 Å². The Bertz CT molecular complexity index is 687. The number of benzene rings is 3. The Morgan fingerprint density at radius 3 is 1.95 bits per heavy atom. The molecule has 0 fully saturated rings. The molecule has 1 heteroatoms. The van der Waals surface area contributed by atoms with Gasteiger partial charge in [-0.3, -0.25) is 0 Å². The second-order valence-electron chi connectivity index (χ2n) is 4.76. The average Bonchev–Trinajstić information content (AvgIpc) is 2.49. The van der Waals surface area contributed by atoms with E-state index in [2.05, 4.69) is 43.3 Å². The summed E-state index contributed by atoms with van der Waals surface area (Å²) in [5.41, 5.74) is 3.69. The van der Waals surface area contributed by atoms with Gasteiger partial charge in [0.25, 0.3) is 0 Å². The van der Waals surface area contributed by atoms with Crippen LogP contribution in [0.4, 0.5) is 0 Å². The first-order valence-corrected chi connectivity index (χ1v) is 6.72. The number of hydrogen-bond donors (Lipinski definition) is 0. The Hall–Kier alpha value is -2.54. The molecule has 3 rings (SSSR count). The highest BCUT2D eigenvalue weighted by Gasteiger charge is 2.04. The molecule has 0 N–H and O–H groups in total. The minimum Gasteiger partial charge on any atom is -0.457 e. The number of hydrogen-bond acceptors (Lipinski definition) is 1. The standard InChI is InChI=1S/C19H16O/c1-15-14-18(20-17-10-6-3-7-11-17)12-13-19(15)16-8-4-2-5-9-16/h2-14H,1H3. The minimum absolute atomic E-state index is 0.861. The van der Waals surface area contributed by atoms with Crippen molar-refractivity contribution in [3.8, 4) is 22.6 Å². The largest absolute Gasteiger partial charge is 0.457 e. The SMILES string of the molecule is Cc1cc(Oc2ccccc2)ccc1-c1ccccc1. The molecule has 98 valence electrons. The van der Waals surface area contributed by atoms with Gasteiger partial charge in [-0.2, -0.15) is 0 Å². The highest BCUT2D eigenvalue weighted by Crippen LogP contribution is 2.29. The van der Waals surface area contributed by atoms with Gasteiger partial charge in [-0.1, -0.05) is 54.6 Å². The summed E-state index contributed by atoms with van der Waals surface area (Å²) in [6.45, 7) is 2.11. The maximum absolute atomic E-state index is 5.85. The van der Waals surface area contributed by atoms with Crippen LogP contribution in [0.15, 0.2) is 78.9 Å². The van der Waals surface area contributed by atoms with Gasteiger partial charge >= 0.3 is 0 Å². The molecule has 3 aromatic rings. The summed E-state index contributed by atoms with van der Waals surface area (Å²) in [6.07, 6.45) is 0. The monoisotopic (exact) mass is 260 g/mol. The van der Waals surface area contributed by atoms with Crippen LogP contribution in [-0.2, 0) is 0 Å². The van der Waals surface area contributed by atoms with Crippen molar-refractivity contribution < 1.29 is 4.74 Å². The Morgan fingerprint density at radius 1 is 0.650 bits per heavy atom. The Labute approximate surface area is 119 Å². The predicted molar refractivity (Wildman–Crippen MR) is 83.1 cm³/mol. The molecule has 0 saturated carbocycles. The van der Waals surface area contributed by atoms with E-state index in [1.54, 1.807) is 0 Å². The Morgan fingerprint density at radius 2 is 1.30 bits per heavy atom. The van der Waals surface area contributed by atoms with Crippen molar-refractivity contribution in [3.63, 3.8) is 0 Å². The second kappa shape index (κ2) is 5.62. The highest BCUT2D eigenvalue weighted by molar-refractivity contribution is 5.68. The van der Waals surface area contributed by atoms with E-state index in [9.17, 15) is 0 Å². The zero-order chi connectivity index (χ0) is 13.8. The number of ether oxygens (including phenoxy) is 1. The van der Waals surface area contributed by atoms with E-state index >= 15 is 0 Å². The average molecular weight is 260 g/mol. The lowest BCUT2D eigenvalue weighted by molar-refractivity contribution is 0.482. The summed E-state index contributed by atoms with van der Waals surface area (Å²) in [5, 5.41) is 0. The van der Waals surface area contributed by atoms with Gasteiger partial charge in [0, 0.05) is 0 Å². The highest BCUT2D eigenvalue weighted by atomic mass is 16.5. The lowest BCUT2D eigenvalue weighted by atomic mass is 10.0. The van der Waals surface area contributed by atoms with Crippen LogP contribution in [0.5, 0.6) is 11.5 Å². The fourth-order valence-electron chi connectivity index (χ4n) is 2.27. The molecular weight excluding hydrogens is 244 g/mol. The molecule has 0 amide bonds.